The standard InChI is InChI=1S/C16H20FNOS/c1-11(18-20(19)16(2,3)4)12-9-10-15(17)14-8-6-5-7-13(12)14/h5-11,18H,1-4H3/t11-,20?/m1/s1. The lowest BCUT2D eigenvalue weighted by Crippen LogP contribution is -2.40. The van der Waals surface area contributed by atoms with Gasteiger partial charge in [-0.15, -0.1) is 4.72 Å². The van der Waals surface area contributed by atoms with Crippen molar-refractivity contribution in [3.05, 3.63) is 47.8 Å². The van der Waals surface area contributed by atoms with Crippen LogP contribution in [0.15, 0.2) is 36.4 Å². The summed E-state index contributed by atoms with van der Waals surface area (Å²) in [6.07, 6.45) is 0. The fourth-order valence-electron chi connectivity index (χ4n) is 2.06. The van der Waals surface area contributed by atoms with Gasteiger partial charge in [0.05, 0.1) is 6.04 Å². The zero-order valence-corrected chi connectivity index (χ0v) is 13.1. The van der Waals surface area contributed by atoms with E-state index >= 15 is 0 Å². The molecule has 1 unspecified atom stereocenters. The van der Waals surface area contributed by atoms with Crippen molar-refractivity contribution in [2.24, 2.45) is 0 Å². The molecule has 0 bridgehead atoms. The van der Waals surface area contributed by atoms with E-state index in [1.165, 1.54) is 6.07 Å². The Hall–Kier alpha value is -1.10. The number of hydrogen-bond acceptors (Lipinski definition) is 2. The van der Waals surface area contributed by atoms with Crippen LogP contribution in [0.1, 0.15) is 39.3 Å². The highest BCUT2D eigenvalue weighted by atomic mass is 32.2. The molecule has 0 aromatic heterocycles. The van der Waals surface area contributed by atoms with Crippen LogP contribution in [0.3, 0.4) is 0 Å². The summed E-state index contributed by atoms with van der Waals surface area (Å²) in [5.74, 6) is -0.228. The molecule has 20 heavy (non-hydrogen) atoms. The molecule has 0 fully saturated rings. The van der Waals surface area contributed by atoms with Gasteiger partial charge in [0.1, 0.15) is 10.6 Å². The number of hydrogen-bond donors (Lipinski definition) is 1. The van der Waals surface area contributed by atoms with Crippen molar-refractivity contribution in [2.45, 2.75) is 38.5 Å². The van der Waals surface area contributed by atoms with Crippen LogP contribution in [0.4, 0.5) is 4.39 Å². The molecule has 2 atom stereocenters. The zero-order valence-electron chi connectivity index (χ0n) is 12.2. The van der Waals surface area contributed by atoms with E-state index < -0.39 is 11.4 Å². The lowest BCUT2D eigenvalue weighted by molar-refractivity contribution is 0.531. The largest absolute Gasteiger partial charge is 0.598 e. The van der Waals surface area contributed by atoms with Crippen molar-refractivity contribution < 1.29 is 8.94 Å². The van der Waals surface area contributed by atoms with Gasteiger partial charge in [0, 0.05) is 16.7 Å². The van der Waals surface area contributed by atoms with E-state index in [9.17, 15) is 8.94 Å². The van der Waals surface area contributed by atoms with Gasteiger partial charge < -0.3 is 4.55 Å². The third-order valence-electron chi connectivity index (χ3n) is 3.21. The Kier molecular flexibility index (Phi) is 4.37. The number of nitrogens with one attached hydrogen (secondary N) is 1. The van der Waals surface area contributed by atoms with Gasteiger partial charge in [0.25, 0.3) is 0 Å². The molecule has 2 nitrogen and oxygen atoms in total. The minimum Gasteiger partial charge on any atom is -0.598 e. The van der Waals surface area contributed by atoms with E-state index in [-0.39, 0.29) is 16.6 Å². The quantitative estimate of drug-likeness (QED) is 0.865. The van der Waals surface area contributed by atoms with Gasteiger partial charge in [-0.1, -0.05) is 30.3 Å². The normalized spacial score (nSPS) is 15.3. The molecule has 1 N–H and O–H groups in total. The number of benzene rings is 2. The zero-order chi connectivity index (χ0) is 14.9. The monoisotopic (exact) mass is 293 g/mol. The van der Waals surface area contributed by atoms with E-state index in [4.69, 9.17) is 0 Å². The van der Waals surface area contributed by atoms with Gasteiger partial charge in [-0.25, -0.2) is 4.39 Å². The van der Waals surface area contributed by atoms with Crippen LogP contribution in [0.5, 0.6) is 0 Å². The highest BCUT2D eigenvalue weighted by Gasteiger charge is 2.28. The molecular formula is C16H20FNOS. The van der Waals surface area contributed by atoms with Crippen LogP contribution in [0.25, 0.3) is 10.8 Å². The second kappa shape index (κ2) is 5.72. The number of fused-ring (bicyclic) bond motifs is 1. The molecule has 2 aromatic carbocycles. The summed E-state index contributed by atoms with van der Waals surface area (Å²) in [6.45, 7) is 7.71. The van der Waals surface area contributed by atoms with Gasteiger partial charge in [-0.2, -0.15) is 0 Å². The first kappa shape index (κ1) is 15.3. The lowest BCUT2D eigenvalue weighted by atomic mass is 10.00. The van der Waals surface area contributed by atoms with Gasteiger partial charge >= 0.3 is 0 Å². The van der Waals surface area contributed by atoms with Crippen LogP contribution >= 0.6 is 0 Å². The number of halogens is 1. The highest BCUT2D eigenvalue weighted by Crippen LogP contribution is 2.28. The minimum atomic E-state index is -1.16. The summed E-state index contributed by atoms with van der Waals surface area (Å²) in [7, 11) is 0. The molecule has 108 valence electrons. The first-order valence-electron chi connectivity index (χ1n) is 6.66. The molecule has 0 saturated carbocycles. The van der Waals surface area contributed by atoms with Crippen LogP contribution in [-0.2, 0) is 11.4 Å². The second-order valence-corrected chi connectivity index (χ2v) is 7.90. The topological polar surface area (TPSA) is 35.1 Å². The fourth-order valence-corrected chi connectivity index (χ4v) is 2.87. The second-order valence-electron chi connectivity index (χ2n) is 5.90. The first-order chi connectivity index (χ1) is 9.30. The molecule has 0 aliphatic heterocycles. The number of rotatable bonds is 3. The summed E-state index contributed by atoms with van der Waals surface area (Å²) in [5, 5.41) is 1.46. The predicted octanol–water partition coefficient (Wildman–Crippen LogP) is 4.09. The Morgan fingerprint density at radius 3 is 2.30 bits per heavy atom. The van der Waals surface area contributed by atoms with Crippen LogP contribution < -0.4 is 4.72 Å². The van der Waals surface area contributed by atoms with E-state index in [0.717, 1.165) is 10.9 Å². The molecule has 2 rings (SSSR count). The maximum absolute atomic E-state index is 13.8. The Morgan fingerprint density at radius 1 is 1.10 bits per heavy atom. The molecule has 0 radical (unpaired) electrons. The van der Waals surface area contributed by atoms with E-state index in [0.29, 0.717) is 5.39 Å². The summed E-state index contributed by atoms with van der Waals surface area (Å²) in [6, 6.07) is 10.5. The van der Waals surface area contributed by atoms with E-state index in [2.05, 4.69) is 4.72 Å². The average molecular weight is 293 g/mol. The SMILES string of the molecule is C[C@@H](N[S+]([O-])C(C)(C)C)c1ccc(F)c2ccccc12. The highest BCUT2D eigenvalue weighted by molar-refractivity contribution is 7.90. The molecule has 4 heteroatoms. The Labute approximate surface area is 122 Å². The van der Waals surface area contributed by atoms with Crippen molar-refractivity contribution in [1.82, 2.24) is 4.72 Å². The average Bonchev–Trinajstić information content (AvgIpc) is 2.38. The van der Waals surface area contributed by atoms with Crippen molar-refractivity contribution in [3.63, 3.8) is 0 Å². The summed E-state index contributed by atoms with van der Waals surface area (Å²) in [5.41, 5.74) is 0.958. The van der Waals surface area contributed by atoms with E-state index in [1.54, 1.807) is 12.1 Å². The lowest BCUT2D eigenvalue weighted by Gasteiger charge is -2.27. The third-order valence-corrected chi connectivity index (χ3v) is 4.89. The molecule has 0 heterocycles. The molecule has 0 aliphatic rings. The maximum Gasteiger partial charge on any atom is 0.136 e. The van der Waals surface area contributed by atoms with Crippen molar-refractivity contribution in [3.8, 4) is 0 Å². The third kappa shape index (κ3) is 3.14. The Morgan fingerprint density at radius 2 is 1.70 bits per heavy atom. The molecule has 0 amide bonds. The summed E-state index contributed by atoms with van der Waals surface area (Å²) < 4.78 is 28.7. The Balaban J connectivity index is 2.36. The molecule has 0 aliphatic carbocycles. The van der Waals surface area contributed by atoms with Crippen LogP contribution in [-0.4, -0.2) is 9.30 Å². The van der Waals surface area contributed by atoms with Gasteiger partial charge in [0.2, 0.25) is 0 Å². The molecule has 2 aromatic rings. The van der Waals surface area contributed by atoms with Crippen molar-refractivity contribution in [2.75, 3.05) is 0 Å². The summed E-state index contributed by atoms with van der Waals surface area (Å²) in [4.78, 5) is 0. The molecule has 0 saturated heterocycles. The van der Waals surface area contributed by atoms with Gasteiger partial charge in [0.15, 0.2) is 0 Å². The van der Waals surface area contributed by atoms with Gasteiger partial charge in [-0.05, 0) is 44.7 Å². The predicted molar refractivity (Wildman–Crippen MR) is 83.4 cm³/mol. The van der Waals surface area contributed by atoms with Crippen LogP contribution in [0, 0.1) is 5.82 Å². The minimum absolute atomic E-state index is 0.111. The fraction of sp³-hybridized carbons (Fsp3) is 0.375. The van der Waals surface area contributed by atoms with E-state index in [1.807, 2.05) is 45.9 Å². The maximum atomic E-state index is 13.8. The smallest absolute Gasteiger partial charge is 0.136 e. The van der Waals surface area contributed by atoms with Gasteiger partial charge in [-0.3, -0.25) is 0 Å². The molecular weight excluding hydrogens is 273 g/mol. The van der Waals surface area contributed by atoms with Crippen LogP contribution in [0.2, 0.25) is 0 Å². The van der Waals surface area contributed by atoms with Crippen molar-refractivity contribution in [1.29, 1.82) is 0 Å². The Bertz CT molecular complexity index is 609. The summed E-state index contributed by atoms with van der Waals surface area (Å²) >= 11 is -1.16. The van der Waals surface area contributed by atoms with Crippen molar-refractivity contribution >= 4 is 22.1 Å². The first-order valence-corrected chi connectivity index (χ1v) is 7.81. The molecule has 0 spiro atoms.